The maximum absolute atomic E-state index is 11.4. The molecule has 0 unspecified atom stereocenters. The van der Waals surface area contributed by atoms with E-state index in [-0.39, 0.29) is 5.57 Å². The van der Waals surface area contributed by atoms with Crippen LogP contribution in [0.15, 0.2) is 57.1 Å². The van der Waals surface area contributed by atoms with Crippen LogP contribution >= 0.6 is 0 Å². The Balaban J connectivity index is 3.20. The minimum absolute atomic E-state index is 0.195. The molecular formula is C15H20N4O2. The molecule has 0 atom stereocenters. The van der Waals surface area contributed by atoms with E-state index in [0.717, 1.165) is 6.42 Å². The van der Waals surface area contributed by atoms with E-state index in [1.54, 1.807) is 43.6 Å². The summed E-state index contributed by atoms with van der Waals surface area (Å²) in [7, 11) is 3.41. The number of allylic oxidation sites excluding steroid dienone is 3. The maximum Gasteiger partial charge on any atom is 0.337 e. The molecule has 0 aliphatic carbocycles. The summed E-state index contributed by atoms with van der Waals surface area (Å²) in [4.78, 5) is 21.2. The Labute approximate surface area is 124 Å². The van der Waals surface area contributed by atoms with Crippen LogP contribution in [0.25, 0.3) is 0 Å². The van der Waals surface area contributed by atoms with Gasteiger partial charge in [0, 0.05) is 38.3 Å². The molecule has 21 heavy (non-hydrogen) atoms. The van der Waals surface area contributed by atoms with Gasteiger partial charge in [-0.1, -0.05) is 13.0 Å². The molecular weight excluding hydrogens is 268 g/mol. The molecule has 1 aliphatic rings. The van der Waals surface area contributed by atoms with Gasteiger partial charge in [-0.2, -0.15) is 0 Å². The molecule has 0 saturated heterocycles. The van der Waals surface area contributed by atoms with E-state index >= 15 is 0 Å². The van der Waals surface area contributed by atoms with Crippen molar-refractivity contribution in [2.24, 2.45) is 15.7 Å². The standard InChI is InChI=1S/C15H20N4O2/c1-4-5-6-12(15(20)21)14-9-18-13(10-19(14)3)11(7-16)8-17-2/h5-10H,4,16H2,1-3H3,(H,20,21)/b6-5-,11-7?,14-12+,17-8?. The van der Waals surface area contributed by atoms with Crippen molar-refractivity contribution in [2.75, 3.05) is 14.1 Å². The summed E-state index contributed by atoms with van der Waals surface area (Å²) in [5, 5.41) is 9.30. The van der Waals surface area contributed by atoms with Crippen LogP contribution in [0.4, 0.5) is 0 Å². The first-order chi connectivity index (χ1) is 10.0. The molecule has 0 spiro atoms. The number of carboxylic acid groups (broad SMARTS) is 1. The van der Waals surface area contributed by atoms with Gasteiger partial charge in [-0.05, 0) is 12.5 Å². The number of rotatable bonds is 5. The number of carbonyl (C=O) groups is 1. The van der Waals surface area contributed by atoms with Gasteiger partial charge >= 0.3 is 5.97 Å². The Hall–Kier alpha value is -2.63. The van der Waals surface area contributed by atoms with Crippen LogP contribution in [-0.4, -0.2) is 42.5 Å². The van der Waals surface area contributed by atoms with E-state index in [9.17, 15) is 9.90 Å². The second-order valence-electron chi connectivity index (χ2n) is 4.31. The molecule has 6 nitrogen and oxygen atoms in total. The summed E-state index contributed by atoms with van der Waals surface area (Å²) in [6.07, 6.45) is 10.4. The molecule has 0 saturated carbocycles. The highest BCUT2D eigenvalue weighted by molar-refractivity contribution is 5.99. The average molecular weight is 288 g/mol. The predicted molar refractivity (Wildman–Crippen MR) is 85.1 cm³/mol. The van der Waals surface area contributed by atoms with Gasteiger partial charge < -0.3 is 15.7 Å². The van der Waals surface area contributed by atoms with Crippen LogP contribution in [0, 0.1) is 0 Å². The van der Waals surface area contributed by atoms with Crippen molar-refractivity contribution >= 4 is 18.4 Å². The lowest BCUT2D eigenvalue weighted by molar-refractivity contribution is -0.132. The summed E-state index contributed by atoms with van der Waals surface area (Å²) in [5.74, 6) is -0.991. The van der Waals surface area contributed by atoms with Gasteiger partial charge in [0.25, 0.3) is 0 Å². The minimum atomic E-state index is -0.991. The van der Waals surface area contributed by atoms with Gasteiger partial charge in [0.2, 0.25) is 0 Å². The summed E-state index contributed by atoms with van der Waals surface area (Å²) >= 11 is 0. The van der Waals surface area contributed by atoms with Crippen LogP contribution < -0.4 is 5.73 Å². The fourth-order valence-corrected chi connectivity index (χ4v) is 1.75. The molecule has 0 radical (unpaired) electrons. The highest BCUT2D eigenvalue weighted by Gasteiger charge is 2.17. The number of aliphatic imine (C=N–C) groups is 2. The van der Waals surface area contributed by atoms with E-state index in [1.807, 2.05) is 6.92 Å². The highest BCUT2D eigenvalue weighted by Crippen LogP contribution is 2.20. The van der Waals surface area contributed by atoms with Gasteiger partial charge in [-0.3, -0.25) is 9.98 Å². The van der Waals surface area contributed by atoms with Crippen LogP contribution in [-0.2, 0) is 4.79 Å². The first-order valence-electron chi connectivity index (χ1n) is 6.52. The highest BCUT2D eigenvalue weighted by atomic mass is 16.4. The Morgan fingerprint density at radius 2 is 2.29 bits per heavy atom. The average Bonchev–Trinajstić information content (AvgIpc) is 2.46. The van der Waals surface area contributed by atoms with E-state index in [2.05, 4.69) is 9.98 Å². The third-order valence-electron chi connectivity index (χ3n) is 2.79. The van der Waals surface area contributed by atoms with Crippen molar-refractivity contribution in [3.05, 3.63) is 47.1 Å². The Morgan fingerprint density at radius 3 is 2.76 bits per heavy atom. The normalized spacial score (nSPS) is 18.5. The first-order valence-corrected chi connectivity index (χ1v) is 6.52. The lowest BCUT2D eigenvalue weighted by atomic mass is 10.1. The predicted octanol–water partition coefficient (Wildman–Crippen LogP) is 1.69. The van der Waals surface area contributed by atoms with Crippen LogP contribution in [0.1, 0.15) is 13.3 Å². The summed E-state index contributed by atoms with van der Waals surface area (Å²) in [5.41, 5.74) is 7.54. The number of hydrogen-bond acceptors (Lipinski definition) is 5. The lowest BCUT2D eigenvalue weighted by Crippen LogP contribution is -2.21. The molecule has 0 aromatic rings. The zero-order valence-electron chi connectivity index (χ0n) is 12.4. The number of hydrogen-bond donors (Lipinski definition) is 2. The zero-order chi connectivity index (χ0) is 15.8. The summed E-state index contributed by atoms with van der Waals surface area (Å²) in [6.45, 7) is 1.94. The quantitative estimate of drug-likeness (QED) is 0.595. The largest absolute Gasteiger partial charge is 0.478 e. The second-order valence-corrected chi connectivity index (χ2v) is 4.31. The summed E-state index contributed by atoms with van der Waals surface area (Å²) < 4.78 is 0. The van der Waals surface area contributed by atoms with E-state index in [0.29, 0.717) is 17.0 Å². The Kier molecular flexibility index (Phi) is 6.13. The molecule has 1 heterocycles. The van der Waals surface area contributed by atoms with Crippen molar-refractivity contribution in [1.29, 1.82) is 0 Å². The van der Waals surface area contributed by atoms with Crippen molar-refractivity contribution in [3.63, 3.8) is 0 Å². The van der Waals surface area contributed by atoms with Crippen LogP contribution in [0.5, 0.6) is 0 Å². The van der Waals surface area contributed by atoms with Gasteiger partial charge in [-0.25, -0.2) is 4.79 Å². The van der Waals surface area contributed by atoms with Gasteiger partial charge in [0.15, 0.2) is 0 Å². The molecule has 0 amide bonds. The van der Waals surface area contributed by atoms with Gasteiger partial charge in [-0.15, -0.1) is 0 Å². The molecule has 0 aromatic heterocycles. The second kappa shape index (κ2) is 7.84. The third kappa shape index (κ3) is 4.17. The lowest BCUT2D eigenvalue weighted by Gasteiger charge is -2.22. The fraction of sp³-hybridized carbons (Fsp3) is 0.267. The smallest absolute Gasteiger partial charge is 0.337 e. The Bertz CT molecular complexity index is 580. The van der Waals surface area contributed by atoms with Crippen molar-refractivity contribution in [3.8, 4) is 0 Å². The van der Waals surface area contributed by atoms with E-state index < -0.39 is 5.97 Å². The molecule has 0 fully saturated rings. The number of aliphatic carboxylic acids is 1. The zero-order valence-corrected chi connectivity index (χ0v) is 12.4. The number of nitrogens with two attached hydrogens (primary N) is 1. The van der Waals surface area contributed by atoms with E-state index in [4.69, 9.17) is 5.73 Å². The Morgan fingerprint density at radius 1 is 1.57 bits per heavy atom. The van der Waals surface area contributed by atoms with Crippen molar-refractivity contribution in [2.45, 2.75) is 13.3 Å². The minimum Gasteiger partial charge on any atom is -0.478 e. The third-order valence-corrected chi connectivity index (χ3v) is 2.79. The van der Waals surface area contributed by atoms with Gasteiger partial charge in [0.1, 0.15) is 0 Å². The molecule has 6 heteroatoms. The topological polar surface area (TPSA) is 91.3 Å². The number of carboxylic acids is 1. The summed E-state index contributed by atoms with van der Waals surface area (Å²) in [6, 6.07) is 0. The van der Waals surface area contributed by atoms with Crippen LogP contribution in [0.3, 0.4) is 0 Å². The number of nitrogens with zero attached hydrogens (tertiary/aromatic N) is 3. The van der Waals surface area contributed by atoms with Crippen LogP contribution in [0.2, 0.25) is 0 Å². The maximum atomic E-state index is 11.4. The van der Waals surface area contributed by atoms with E-state index in [1.165, 1.54) is 12.4 Å². The SMILES string of the molecule is CC/C=C\C(C(=O)O)=C1\C=NC(C(C=NC)=CN)=CN1C. The van der Waals surface area contributed by atoms with Gasteiger partial charge in [0.05, 0.1) is 23.2 Å². The monoisotopic (exact) mass is 288 g/mol. The van der Waals surface area contributed by atoms with Crippen molar-refractivity contribution < 1.29 is 9.90 Å². The first kappa shape index (κ1) is 16.4. The molecule has 0 bridgehead atoms. The molecule has 112 valence electrons. The molecule has 1 aliphatic heterocycles. The molecule has 1 rings (SSSR count). The van der Waals surface area contributed by atoms with Crippen molar-refractivity contribution in [1.82, 2.24) is 4.90 Å². The fourth-order valence-electron chi connectivity index (χ4n) is 1.75. The molecule has 0 aromatic carbocycles. The molecule has 3 N–H and O–H groups in total.